The van der Waals surface area contributed by atoms with Gasteiger partial charge in [-0.1, -0.05) is 0 Å². The van der Waals surface area contributed by atoms with Gasteiger partial charge in [0.05, 0.1) is 38.8 Å². The predicted octanol–water partition coefficient (Wildman–Crippen LogP) is 2.83. The van der Waals surface area contributed by atoms with Crippen LogP contribution in [0.4, 0.5) is 10.5 Å². The van der Waals surface area contributed by atoms with E-state index in [4.69, 9.17) is 9.47 Å². The third-order valence-corrected chi connectivity index (χ3v) is 6.33. The number of amides is 1. The second-order valence-corrected chi connectivity index (χ2v) is 8.38. The number of hydrogen-bond acceptors (Lipinski definition) is 6. The van der Waals surface area contributed by atoms with E-state index in [9.17, 15) is 9.90 Å². The number of hydrogen-bond donors (Lipinski definition) is 2. The second-order valence-electron chi connectivity index (χ2n) is 8.38. The zero-order valence-electron chi connectivity index (χ0n) is 18.3. The number of anilines is 1. The van der Waals surface area contributed by atoms with E-state index in [1.165, 1.54) is 13.5 Å². The first-order valence-corrected chi connectivity index (χ1v) is 11.1. The van der Waals surface area contributed by atoms with Gasteiger partial charge >= 0.3 is 6.09 Å². The molecule has 8 nitrogen and oxygen atoms in total. The van der Waals surface area contributed by atoms with Gasteiger partial charge in [0.1, 0.15) is 5.75 Å². The van der Waals surface area contributed by atoms with Gasteiger partial charge in [-0.2, -0.15) is 5.10 Å². The van der Waals surface area contributed by atoms with Crippen molar-refractivity contribution in [3.05, 3.63) is 30.1 Å². The maximum Gasteiger partial charge on any atom is 0.414 e. The molecule has 0 saturated carbocycles. The van der Waals surface area contributed by atoms with Gasteiger partial charge < -0.3 is 19.9 Å². The number of aliphatic hydroxyl groups is 1. The highest BCUT2D eigenvalue weighted by Crippen LogP contribution is 2.43. The van der Waals surface area contributed by atoms with Crippen LogP contribution in [-0.2, 0) is 17.7 Å². The molecule has 1 aromatic heterocycles. The van der Waals surface area contributed by atoms with Crippen molar-refractivity contribution in [3.8, 4) is 16.9 Å². The van der Waals surface area contributed by atoms with Crippen LogP contribution in [0.2, 0.25) is 0 Å². The van der Waals surface area contributed by atoms with E-state index in [-0.39, 0.29) is 18.7 Å². The zero-order valence-corrected chi connectivity index (χ0v) is 18.3. The highest BCUT2D eigenvalue weighted by atomic mass is 16.5. The van der Waals surface area contributed by atoms with Crippen LogP contribution < -0.4 is 15.0 Å². The quantitative estimate of drug-likeness (QED) is 0.705. The van der Waals surface area contributed by atoms with Gasteiger partial charge in [-0.25, -0.2) is 4.79 Å². The molecule has 1 fully saturated rings. The molecule has 168 valence electrons. The number of nitrogens with one attached hydrogen (secondary N) is 1. The van der Waals surface area contributed by atoms with Crippen molar-refractivity contribution in [2.75, 3.05) is 38.3 Å². The Morgan fingerprint density at radius 3 is 2.97 bits per heavy atom. The van der Waals surface area contributed by atoms with Gasteiger partial charge in [0.2, 0.25) is 0 Å². The molecule has 0 aliphatic carbocycles. The maximum absolute atomic E-state index is 12.5. The van der Waals surface area contributed by atoms with Crippen LogP contribution in [0.15, 0.2) is 24.5 Å². The van der Waals surface area contributed by atoms with Crippen LogP contribution in [0.25, 0.3) is 11.1 Å². The van der Waals surface area contributed by atoms with Crippen LogP contribution in [-0.4, -0.2) is 60.4 Å². The van der Waals surface area contributed by atoms with Crippen LogP contribution in [0.3, 0.4) is 0 Å². The van der Waals surface area contributed by atoms with E-state index in [1.807, 2.05) is 25.3 Å². The molecule has 2 aromatic rings. The summed E-state index contributed by atoms with van der Waals surface area (Å²) in [6.45, 7) is 5.28. The normalized spacial score (nSPS) is 20.5. The topological polar surface area (TPSA) is 88.9 Å². The van der Waals surface area contributed by atoms with Crippen molar-refractivity contribution in [2.24, 2.45) is 5.92 Å². The van der Waals surface area contributed by atoms with Gasteiger partial charge in [-0.05, 0) is 63.7 Å². The summed E-state index contributed by atoms with van der Waals surface area (Å²) in [5, 5.41) is 17.0. The number of carbonyl (C=O) groups excluding carboxylic acids is 1. The summed E-state index contributed by atoms with van der Waals surface area (Å²) in [5.74, 6) is 1.47. The minimum Gasteiger partial charge on any atom is -0.493 e. The molecule has 1 amide bonds. The lowest BCUT2D eigenvalue weighted by molar-refractivity contribution is 0.175. The lowest BCUT2D eigenvalue weighted by Crippen LogP contribution is -2.42. The van der Waals surface area contributed by atoms with Crippen LogP contribution in [0.1, 0.15) is 31.7 Å². The summed E-state index contributed by atoms with van der Waals surface area (Å²) < 4.78 is 13.2. The van der Waals surface area contributed by atoms with Crippen molar-refractivity contribution >= 4 is 11.8 Å². The number of aliphatic hydroxyl groups excluding tert-OH is 1. The van der Waals surface area contributed by atoms with Gasteiger partial charge in [-0.3, -0.25) is 9.58 Å². The van der Waals surface area contributed by atoms with E-state index in [0.717, 1.165) is 60.5 Å². The first-order chi connectivity index (χ1) is 15.1. The highest BCUT2D eigenvalue weighted by molar-refractivity contribution is 5.92. The lowest BCUT2D eigenvalue weighted by Gasteiger charge is -2.35. The average Bonchev–Trinajstić information content (AvgIpc) is 3.46. The molecule has 31 heavy (non-hydrogen) atoms. The third kappa shape index (κ3) is 4.55. The van der Waals surface area contributed by atoms with Crippen LogP contribution >= 0.6 is 0 Å². The molecule has 3 heterocycles. The molecule has 4 rings (SSSR count). The van der Waals surface area contributed by atoms with Crippen molar-refractivity contribution in [1.29, 1.82) is 0 Å². The van der Waals surface area contributed by atoms with Crippen molar-refractivity contribution in [1.82, 2.24) is 15.1 Å². The van der Waals surface area contributed by atoms with E-state index >= 15 is 0 Å². The molecular weight excluding hydrogens is 396 g/mol. The standard InChI is InChI=1S/C23H32N4O4/c1-16-3-4-20-21(27(16)23(29)30-2)6-5-19(18-14-25-26(15-18)10-11-28)22(20)31-12-8-17-7-9-24-13-17/h5-6,14-17,24,28H,3-4,7-13H2,1-2H3/t16-,17+/m0/s1. The molecule has 0 bridgehead atoms. The Labute approximate surface area is 183 Å². The van der Waals surface area contributed by atoms with Crippen LogP contribution in [0.5, 0.6) is 5.75 Å². The van der Waals surface area contributed by atoms with E-state index in [0.29, 0.717) is 19.1 Å². The maximum atomic E-state index is 12.5. The number of fused-ring (bicyclic) bond motifs is 1. The monoisotopic (exact) mass is 428 g/mol. The Morgan fingerprint density at radius 2 is 2.23 bits per heavy atom. The fraction of sp³-hybridized carbons (Fsp3) is 0.565. The van der Waals surface area contributed by atoms with Crippen LogP contribution in [0, 0.1) is 5.92 Å². The molecule has 2 N–H and O–H groups in total. The minimum atomic E-state index is -0.347. The molecule has 1 aromatic carbocycles. The molecule has 0 radical (unpaired) electrons. The predicted molar refractivity (Wildman–Crippen MR) is 119 cm³/mol. The summed E-state index contributed by atoms with van der Waals surface area (Å²) in [6.07, 6.45) is 7.24. The summed E-state index contributed by atoms with van der Waals surface area (Å²) in [4.78, 5) is 14.2. The molecule has 1 saturated heterocycles. The number of ether oxygens (including phenoxy) is 2. The summed E-state index contributed by atoms with van der Waals surface area (Å²) in [6, 6.07) is 4.05. The van der Waals surface area contributed by atoms with Gasteiger partial charge in [0.15, 0.2) is 0 Å². The molecule has 2 atom stereocenters. The average molecular weight is 429 g/mol. The fourth-order valence-corrected chi connectivity index (χ4v) is 4.59. The highest BCUT2D eigenvalue weighted by Gasteiger charge is 2.32. The Morgan fingerprint density at radius 1 is 1.35 bits per heavy atom. The lowest BCUT2D eigenvalue weighted by atomic mass is 9.92. The molecule has 0 spiro atoms. The minimum absolute atomic E-state index is 0.0378. The Balaban J connectivity index is 1.69. The number of methoxy groups -OCH3 is 1. The summed E-state index contributed by atoms with van der Waals surface area (Å²) >= 11 is 0. The summed E-state index contributed by atoms with van der Waals surface area (Å²) in [7, 11) is 1.42. The molecule has 0 unspecified atom stereocenters. The Kier molecular flexibility index (Phi) is 6.77. The molecular formula is C23H32N4O4. The first-order valence-electron chi connectivity index (χ1n) is 11.1. The Bertz CT molecular complexity index is 907. The molecule has 2 aliphatic rings. The molecule has 2 aliphatic heterocycles. The van der Waals surface area contributed by atoms with Crippen molar-refractivity contribution in [3.63, 3.8) is 0 Å². The van der Waals surface area contributed by atoms with Gasteiger partial charge in [-0.15, -0.1) is 0 Å². The second kappa shape index (κ2) is 9.70. The van der Waals surface area contributed by atoms with Gasteiger partial charge in [0.25, 0.3) is 0 Å². The zero-order chi connectivity index (χ0) is 21.8. The van der Waals surface area contributed by atoms with Crippen molar-refractivity contribution in [2.45, 2.75) is 45.2 Å². The first kappa shape index (κ1) is 21.6. The smallest absolute Gasteiger partial charge is 0.414 e. The number of aromatic nitrogens is 2. The molecule has 8 heteroatoms. The van der Waals surface area contributed by atoms with E-state index in [2.05, 4.69) is 10.4 Å². The van der Waals surface area contributed by atoms with E-state index < -0.39 is 0 Å². The number of benzene rings is 1. The Hall–Kier alpha value is -2.58. The number of rotatable bonds is 7. The number of nitrogens with zero attached hydrogens (tertiary/aromatic N) is 3. The largest absolute Gasteiger partial charge is 0.493 e. The summed E-state index contributed by atoms with van der Waals surface area (Å²) in [5.41, 5.74) is 3.80. The van der Waals surface area contributed by atoms with E-state index in [1.54, 1.807) is 15.8 Å². The van der Waals surface area contributed by atoms with Gasteiger partial charge in [0, 0.05) is 28.9 Å². The van der Waals surface area contributed by atoms with Crippen molar-refractivity contribution < 1.29 is 19.4 Å². The SMILES string of the molecule is COC(=O)N1c2ccc(-c3cnn(CCO)c3)c(OCC[C@H]3CCNC3)c2CC[C@@H]1C. The fourth-order valence-electron chi connectivity index (χ4n) is 4.59. The third-order valence-electron chi connectivity index (χ3n) is 6.33. The number of carbonyl (C=O) groups is 1.